The van der Waals surface area contributed by atoms with Crippen LogP contribution in [0.5, 0.6) is 0 Å². The Morgan fingerprint density at radius 3 is 3.24 bits per heavy atom. The number of piperidine rings is 1. The number of thiazole rings is 1. The van der Waals surface area contributed by atoms with Gasteiger partial charge >= 0.3 is 0 Å². The maximum absolute atomic E-state index is 12.1. The lowest BCUT2D eigenvalue weighted by Gasteiger charge is -2.22. The Morgan fingerprint density at radius 1 is 1.62 bits per heavy atom. The molecular weight excluding hydrogens is 286 g/mol. The molecule has 1 unspecified atom stereocenters. The van der Waals surface area contributed by atoms with Gasteiger partial charge in [-0.1, -0.05) is 0 Å². The zero-order valence-electron chi connectivity index (χ0n) is 12.0. The fourth-order valence-electron chi connectivity index (χ4n) is 2.47. The number of carbonyl (C=O) groups excluding carboxylic acids is 1. The van der Waals surface area contributed by atoms with Crippen molar-refractivity contribution < 1.29 is 4.79 Å². The van der Waals surface area contributed by atoms with Crippen LogP contribution in [0.4, 0.5) is 0 Å². The van der Waals surface area contributed by atoms with E-state index in [0.29, 0.717) is 18.3 Å². The number of hydrogen-bond acceptors (Lipinski definition) is 5. The van der Waals surface area contributed by atoms with E-state index in [9.17, 15) is 4.79 Å². The first kappa shape index (κ1) is 14.2. The average Bonchev–Trinajstić information content (AvgIpc) is 3.15. The molecular formula is C14H19N5OS. The summed E-state index contributed by atoms with van der Waals surface area (Å²) in [5.41, 5.74) is 1.36. The number of rotatable bonds is 4. The van der Waals surface area contributed by atoms with Crippen molar-refractivity contribution in [3.8, 4) is 0 Å². The molecule has 1 saturated heterocycles. The zero-order chi connectivity index (χ0) is 14.7. The van der Waals surface area contributed by atoms with Crippen molar-refractivity contribution in [1.29, 1.82) is 0 Å². The second-order valence-electron chi connectivity index (χ2n) is 5.22. The molecule has 0 spiro atoms. The summed E-state index contributed by atoms with van der Waals surface area (Å²) >= 11 is 1.59. The third-order valence-electron chi connectivity index (χ3n) is 3.58. The standard InChI is InChI=1S/C14H19N5OS/c1-10-17-11(9-21-10)7-16-14(20)13-4-6-19(18-13)12-3-2-5-15-8-12/h4,6,9,12,15H,2-3,5,7-8H2,1H3,(H,16,20). The van der Waals surface area contributed by atoms with Crippen LogP contribution in [0, 0.1) is 6.92 Å². The van der Waals surface area contributed by atoms with Gasteiger partial charge in [0.15, 0.2) is 0 Å². The molecule has 3 heterocycles. The van der Waals surface area contributed by atoms with Crippen molar-refractivity contribution in [2.24, 2.45) is 0 Å². The van der Waals surface area contributed by atoms with Crippen LogP contribution in [0.1, 0.15) is 40.1 Å². The summed E-state index contributed by atoms with van der Waals surface area (Å²) in [5, 5.41) is 13.6. The first-order chi connectivity index (χ1) is 10.2. The van der Waals surface area contributed by atoms with Gasteiger partial charge in [0.2, 0.25) is 0 Å². The molecule has 112 valence electrons. The van der Waals surface area contributed by atoms with E-state index < -0.39 is 0 Å². The van der Waals surface area contributed by atoms with Crippen LogP contribution in [0.2, 0.25) is 0 Å². The summed E-state index contributed by atoms with van der Waals surface area (Å²) in [4.78, 5) is 16.4. The second kappa shape index (κ2) is 6.36. The first-order valence-electron chi connectivity index (χ1n) is 7.17. The summed E-state index contributed by atoms with van der Waals surface area (Å²) in [5.74, 6) is -0.150. The SMILES string of the molecule is Cc1nc(CNC(=O)c2ccn(C3CCCNC3)n2)cs1. The van der Waals surface area contributed by atoms with Gasteiger partial charge in [0.05, 0.1) is 23.3 Å². The normalized spacial score (nSPS) is 18.6. The lowest BCUT2D eigenvalue weighted by atomic mass is 10.1. The van der Waals surface area contributed by atoms with E-state index in [2.05, 4.69) is 20.7 Å². The van der Waals surface area contributed by atoms with Crippen molar-refractivity contribution in [1.82, 2.24) is 25.4 Å². The van der Waals surface area contributed by atoms with E-state index in [0.717, 1.165) is 36.6 Å². The quantitative estimate of drug-likeness (QED) is 0.898. The Balaban J connectivity index is 1.58. The Kier molecular flexibility index (Phi) is 4.31. The number of aromatic nitrogens is 3. The lowest BCUT2D eigenvalue weighted by molar-refractivity contribution is 0.0944. The molecule has 0 bridgehead atoms. The van der Waals surface area contributed by atoms with Crippen LogP contribution >= 0.6 is 11.3 Å². The predicted molar refractivity (Wildman–Crippen MR) is 81.4 cm³/mol. The van der Waals surface area contributed by atoms with Gasteiger partial charge in [-0.05, 0) is 32.4 Å². The molecule has 6 nitrogen and oxygen atoms in total. The Bertz CT molecular complexity index is 614. The van der Waals surface area contributed by atoms with Crippen molar-refractivity contribution in [3.63, 3.8) is 0 Å². The van der Waals surface area contributed by atoms with Crippen molar-refractivity contribution in [2.45, 2.75) is 32.4 Å². The van der Waals surface area contributed by atoms with Gasteiger partial charge in [-0.3, -0.25) is 9.48 Å². The number of nitrogens with zero attached hydrogens (tertiary/aromatic N) is 3. The molecule has 21 heavy (non-hydrogen) atoms. The van der Waals surface area contributed by atoms with Gasteiger partial charge in [-0.15, -0.1) is 11.3 Å². The highest BCUT2D eigenvalue weighted by Crippen LogP contribution is 2.15. The predicted octanol–water partition coefficient (Wildman–Crippen LogP) is 1.50. The zero-order valence-corrected chi connectivity index (χ0v) is 12.8. The average molecular weight is 305 g/mol. The molecule has 0 saturated carbocycles. The summed E-state index contributed by atoms with van der Waals surface area (Å²) in [6.07, 6.45) is 4.14. The van der Waals surface area contributed by atoms with Crippen LogP contribution in [0.3, 0.4) is 0 Å². The van der Waals surface area contributed by atoms with Crippen LogP contribution in [-0.2, 0) is 6.54 Å². The number of hydrogen-bond donors (Lipinski definition) is 2. The van der Waals surface area contributed by atoms with Crippen LogP contribution < -0.4 is 10.6 Å². The van der Waals surface area contributed by atoms with Crippen molar-refractivity contribution in [3.05, 3.63) is 34.0 Å². The third kappa shape index (κ3) is 3.48. The minimum absolute atomic E-state index is 0.150. The molecule has 1 aliphatic rings. The maximum atomic E-state index is 12.1. The fourth-order valence-corrected chi connectivity index (χ4v) is 3.09. The molecule has 0 radical (unpaired) electrons. The fraction of sp³-hybridized carbons (Fsp3) is 0.500. The Morgan fingerprint density at radius 2 is 2.52 bits per heavy atom. The minimum Gasteiger partial charge on any atom is -0.345 e. The van der Waals surface area contributed by atoms with Crippen LogP contribution in [0.15, 0.2) is 17.6 Å². The first-order valence-corrected chi connectivity index (χ1v) is 8.05. The molecule has 7 heteroatoms. The number of carbonyl (C=O) groups is 1. The van der Waals surface area contributed by atoms with Crippen molar-refractivity contribution in [2.75, 3.05) is 13.1 Å². The van der Waals surface area contributed by atoms with Gasteiger partial charge in [0, 0.05) is 18.1 Å². The Labute approximate surface area is 127 Å². The Hall–Kier alpha value is -1.73. The van der Waals surface area contributed by atoms with E-state index in [4.69, 9.17) is 0 Å². The van der Waals surface area contributed by atoms with E-state index >= 15 is 0 Å². The molecule has 1 atom stereocenters. The van der Waals surface area contributed by atoms with Gasteiger partial charge < -0.3 is 10.6 Å². The summed E-state index contributed by atoms with van der Waals surface area (Å²) < 4.78 is 1.90. The highest BCUT2D eigenvalue weighted by molar-refractivity contribution is 7.09. The molecule has 0 aliphatic carbocycles. The molecule has 1 amide bonds. The molecule has 1 fully saturated rings. The maximum Gasteiger partial charge on any atom is 0.272 e. The molecule has 2 N–H and O–H groups in total. The van der Waals surface area contributed by atoms with E-state index in [1.54, 1.807) is 17.4 Å². The monoisotopic (exact) mass is 305 g/mol. The van der Waals surface area contributed by atoms with Gasteiger partial charge in [0.25, 0.3) is 5.91 Å². The highest BCUT2D eigenvalue weighted by Gasteiger charge is 2.17. The van der Waals surface area contributed by atoms with E-state index in [1.165, 1.54) is 0 Å². The lowest BCUT2D eigenvalue weighted by Crippen LogP contribution is -2.32. The van der Waals surface area contributed by atoms with E-state index in [-0.39, 0.29) is 5.91 Å². The van der Waals surface area contributed by atoms with Crippen LogP contribution in [-0.4, -0.2) is 33.8 Å². The molecule has 0 aromatic carbocycles. The second-order valence-corrected chi connectivity index (χ2v) is 6.28. The summed E-state index contributed by atoms with van der Waals surface area (Å²) in [6.45, 7) is 4.38. The van der Waals surface area contributed by atoms with Gasteiger partial charge in [-0.2, -0.15) is 5.10 Å². The molecule has 2 aromatic rings. The number of amides is 1. The topological polar surface area (TPSA) is 71.8 Å². The van der Waals surface area contributed by atoms with E-state index in [1.807, 2.05) is 23.2 Å². The van der Waals surface area contributed by atoms with Gasteiger partial charge in [0.1, 0.15) is 5.69 Å². The third-order valence-corrected chi connectivity index (χ3v) is 4.40. The van der Waals surface area contributed by atoms with Crippen LogP contribution in [0.25, 0.3) is 0 Å². The smallest absolute Gasteiger partial charge is 0.272 e. The highest BCUT2D eigenvalue weighted by atomic mass is 32.1. The molecule has 1 aliphatic heterocycles. The minimum atomic E-state index is -0.150. The number of nitrogens with one attached hydrogen (secondary N) is 2. The molecule has 2 aromatic heterocycles. The number of aryl methyl sites for hydroxylation is 1. The largest absolute Gasteiger partial charge is 0.345 e. The van der Waals surface area contributed by atoms with Gasteiger partial charge in [-0.25, -0.2) is 4.98 Å². The molecule has 3 rings (SSSR count). The summed E-state index contributed by atoms with van der Waals surface area (Å²) in [7, 11) is 0. The summed E-state index contributed by atoms with van der Waals surface area (Å²) in [6, 6.07) is 2.12. The van der Waals surface area contributed by atoms with Crippen molar-refractivity contribution >= 4 is 17.2 Å².